The monoisotopic (exact) mass is 392 g/mol. The van der Waals surface area contributed by atoms with Gasteiger partial charge in [-0.2, -0.15) is 18.3 Å². The molecule has 8 heteroatoms. The van der Waals surface area contributed by atoms with Crippen LogP contribution in [-0.2, 0) is 6.18 Å². The second-order valence-electron chi connectivity index (χ2n) is 7.68. The van der Waals surface area contributed by atoms with Gasteiger partial charge in [0.1, 0.15) is 0 Å². The van der Waals surface area contributed by atoms with E-state index in [1.165, 1.54) is 0 Å². The molecule has 1 aromatic carbocycles. The lowest BCUT2D eigenvalue weighted by atomic mass is 9.97. The van der Waals surface area contributed by atoms with Gasteiger partial charge in [-0.05, 0) is 51.3 Å². The fraction of sp³-hybridized carbons (Fsp3) is 0.500. The molecule has 3 heterocycles. The van der Waals surface area contributed by atoms with E-state index in [0.29, 0.717) is 6.04 Å². The summed E-state index contributed by atoms with van der Waals surface area (Å²) in [6.45, 7) is 3.81. The molecule has 2 aliphatic rings. The molecule has 0 unspecified atom stereocenters. The van der Waals surface area contributed by atoms with E-state index in [1.807, 2.05) is 6.92 Å². The van der Waals surface area contributed by atoms with Crippen LogP contribution in [0.2, 0.25) is 0 Å². The number of rotatable bonds is 3. The quantitative estimate of drug-likeness (QED) is 0.869. The number of benzene rings is 1. The lowest BCUT2D eigenvalue weighted by Gasteiger charge is -2.35. The number of piperidine rings is 1. The highest BCUT2D eigenvalue weighted by molar-refractivity contribution is 5.95. The molecule has 0 saturated carbocycles. The second kappa shape index (κ2) is 7.24. The number of hydrogen-bond acceptors (Lipinski definition) is 3. The summed E-state index contributed by atoms with van der Waals surface area (Å²) in [5.41, 5.74) is -0.258. The Morgan fingerprint density at radius 3 is 2.64 bits per heavy atom. The van der Waals surface area contributed by atoms with Crippen molar-refractivity contribution in [1.82, 2.24) is 20.0 Å². The maximum atomic E-state index is 13.8. The van der Waals surface area contributed by atoms with Crippen molar-refractivity contribution in [2.45, 2.75) is 50.9 Å². The average molecular weight is 392 g/mol. The minimum absolute atomic E-state index is 0.101. The summed E-state index contributed by atoms with van der Waals surface area (Å²) in [6, 6.07) is 6.88. The summed E-state index contributed by atoms with van der Waals surface area (Å²) in [5, 5.41) is 6.69. The lowest BCUT2D eigenvalue weighted by Crippen LogP contribution is -2.47. The van der Waals surface area contributed by atoms with Gasteiger partial charge >= 0.3 is 6.18 Å². The molecule has 2 fully saturated rings. The summed E-state index contributed by atoms with van der Waals surface area (Å²) in [4.78, 5) is 15.1. The molecule has 1 N–H and O–H groups in total. The van der Waals surface area contributed by atoms with Gasteiger partial charge in [-0.3, -0.25) is 4.79 Å². The van der Waals surface area contributed by atoms with Crippen molar-refractivity contribution in [2.24, 2.45) is 0 Å². The molecule has 0 radical (unpaired) electrons. The van der Waals surface area contributed by atoms with Crippen molar-refractivity contribution in [3.8, 4) is 5.69 Å². The molecule has 0 bridgehead atoms. The smallest absolute Gasteiger partial charge is 0.349 e. The van der Waals surface area contributed by atoms with Crippen molar-refractivity contribution in [3.05, 3.63) is 47.3 Å². The first-order chi connectivity index (χ1) is 13.3. The number of nitrogens with zero attached hydrogens (tertiary/aromatic N) is 3. The molecule has 1 amide bonds. The Bertz CT molecular complexity index is 859. The number of aryl methyl sites for hydroxylation is 1. The van der Waals surface area contributed by atoms with Gasteiger partial charge in [-0.25, -0.2) is 4.68 Å². The molecule has 1 aromatic heterocycles. The predicted molar refractivity (Wildman–Crippen MR) is 98.4 cm³/mol. The molecule has 0 aliphatic carbocycles. The van der Waals surface area contributed by atoms with Crippen molar-refractivity contribution >= 4 is 5.91 Å². The molecular weight excluding hydrogens is 369 g/mol. The molecule has 28 heavy (non-hydrogen) atoms. The van der Waals surface area contributed by atoms with E-state index in [9.17, 15) is 18.0 Å². The number of carbonyl (C=O) groups excluding carboxylic acids is 1. The first kappa shape index (κ1) is 19.0. The van der Waals surface area contributed by atoms with E-state index in [4.69, 9.17) is 0 Å². The Morgan fingerprint density at radius 1 is 1.18 bits per heavy atom. The summed E-state index contributed by atoms with van der Waals surface area (Å²) < 4.78 is 42.1. The van der Waals surface area contributed by atoms with Crippen molar-refractivity contribution in [1.29, 1.82) is 0 Å². The first-order valence-corrected chi connectivity index (χ1v) is 9.60. The van der Waals surface area contributed by atoms with Crippen LogP contribution < -0.4 is 5.32 Å². The molecule has 2 aromatic rings. The van der Waals surface area contributed by atoms with Crippen LogP contribution in [0, 0.1) is 6.92 Å². The highest BCUT2D eigenvalue weighted by atomic mass is 19.4. The molecule has 150 valence electrons. The van der Waals surface area contributed by atoms with Crippen molar-refractivity contribution in [3.63, 3.8) is 0 Å². The number of amides is 1. The van der Waals surface area contributed by atoms with E-state index in [2.05, 4.69) is 15.3 Å². The van der Waals surface area contributed by atoms with Gasteiger partial charge < -0.3 is 10.2 Å². The highest BCUT2D eigenvalue weighted by Crippen LogP contribution is 2.34. The van der Waals surface area contributed by atoms with Gasteiger partial charge in [-0.1, -0.05) is 17.7 Å². The SMILES string of the molecule is Cc1ccc(-n2ncc(C(=O)N[C@H]3CCN4CCC[C@@H]4C3)c2C(F)(F)F)cc1. The van der Waals surface area contributed by atoms with Crippen LogP contribution in [-0.4, -0.2) is 45.8 Å². The van der Waals surface area contributed by atoms with E-state index in [0.717, 1.165) is 55.2 Å². The molecule has 5 nitrogen and oxygen atoms in total. The van der Waals surface area contributed by atoms with Crippen LogP contribution in [0.5, 0.6) is 0 Å². The van der Waals surface area contributed by atoms with Gasteiger partial charge in [0.05, 0.1) is 17.4 Å². The minimum Gasteiger partial charge on any atom is -0.349 e. The zero-order valence-corrected chi connectivity index (χ0v) is 15.7. The van der Waals surface area contributed by atoms with Crippen LogP contribution in [0.25, 0.3) is 5.69 Å². The summed E-state index contributed by atoms with van der Waals surface area (Å²) >= 11 is 0. The third-order valence-electron chi connectivity index (χ3n) is 5.72. The summed E-state index contributed by atoms with van der Waals surface area (Å²) in [7, 11) is 0. The Kier molecular flexibility index (Phi) is 4.91. The van der Waals surface area contributed by atoms with E-state index < -0.39 is 23.3 Å². The molecule has 0 spiro atoms. The largest absolute Gasteiger partial charge is 0.434 e. The zero-order chi connectivity index (χ0) is 19.9. The second-order valence-corrected chi connectivity index (χ2v) is 7.68. The Balaban J connectivity index is 1.58. The van der Waals surface area contributed by atoms with E-state index in [1.54, 1.807) is 24.3 Å². The lowest BCUT2D eigenvalue weighted by molar-refractivity contribution is -0.143. The van der Waals surface area contributed by atoms with Crippen molar-refractivity contribution in [2.75, 3.05) is 13.1 Å². The molecule has 2 atom stereocenters. The third kappa shape index (κ3) is 3.65. The van der Waals surface area contributed by atoms with Gasteiger partial charge in [0.2, 0.25) is 0 Å². The highest BCUT2D eigenvalue weighted by Gasteiger charge is 2.41. The van der Waals surface area contributed by atoms with Crippen LogP contribution in [0.3, 0.4) is 0 Å². The van der Waals surface area contributed by atoms with E-state index >= 15 is 0 Å². The molecular formula is C20H23F3N4O. The third-order valence-corrected chi connectivity index (χ3v) is 5.72. The van der Waals surface area contributed by atoms with Crippen molar-refractivity contribution < 1.29 is 18.0 Å². The first-order valence-electron chi connectivity index (χ1n) is 9.60. The normalized spacial score (nSPS) is 22.9. The zero-order valence-electron chi connectivity index (χ0n) is 15.7. The van der Waals surface area contributed by atoms with Crippen LogP contribution >= 0.6 is 0 Å². The fourth-order valence-corrected chi connectivity index (χ4v) is 4.29. The minimum atomic E-state index is -4.69. The summed E-state index contributed by atoms with van der Waals surface area (Å²) in [6.07, 6.45) is 0.110. The van der Waals surface area contributed by atoms with Crippen LogP contribution in [0.15, 0.2) is 30.5 Å². The van der Waals surface area contributed by atoms with Gasteiger partial charge in [0.15, 0.2) is 5.69 Å². The average Bonchev–Trinajstić information content (AvgIpc) is 3.28. The number of nitrogens with one attached hydrogen (secondary N) is 1. The topological polar surface area (TPSA) is 50.2 Å². The maximum Gasteiger partial charge on any atom is 0.434 e. The Hall–Kier alpha value is -2.35. The molecule has 2 saturated heterocycles. The standard InChI is InChI=1S/C20H23F3N4O/c1-13-4-6-15(7-5-13)27-18(20(21,22)23)17(12-24-27)19(28)25-14-8-10-26-9-2-3-16(26)11-14/h4-7,12,14,16H,2-3,8-11H2,1H3,(H,25,28)/t14-,16+/m0/s1. The van der Waals surface area contributed by atoms with Crippen LogP contribution in [0.1, 0.15) is 47.3 Å². The Labute approximate surface area is 161 Å². The number of carbonyl (C=O) groups is 1. The number of aromatic nitrogens is 2. The van der Waals surface area contributed by atoms with Gasteiger partial charge in [-0.15, -0.1) is 0 Å². The number of fused-ring (bicyclic) bond motifs is 1. The van der Waals surface area contributed by atoms with Gasteiger partial charge in [0, 0.05) is 18.6 Å². The molecule has 4 rings (SSSR count). The van der Waals surface area contributed by atoms with E-state index in [-0.39, 0.29) is 11.7 Å². The fourth-order valence-electron chi connectivity index (χ4n) is 4.29. The predicted octanol–water partition coefficient (Wildman–Crippen LogP) is 3.56. The summed E-state index contributed by atoms with van der Waals surface area (Å²) in [5.74, 6) is -0.706. The number of alkyl halides is 3. The Morgan fingerprint density at radius 2 is 1.93 bits per heavy atom. The number of hydrogen-bond donors (Lipinski definition) is 1. The number of halogens is 3. The van der Waals surface area contributed by atoms with Crippen LogP contribution in [0.4, 0.5) is 13.2 Å². The maximum absolute atomic E-state index is 13.8. The van der Waals surface area contributed by atoms with Gasteiger partial charge in [0.25, 0.3) is 5.91 Å². The molecule has 2 aliphatic heterocycles.